The van der Waals surface area contributed by atoms with Gasteiger partial charge in [0.25, 0.3) is 0 Å². The van der Waals surface area contributed by atoms with Gasteiger partial charge >= 0.3 is 5.97 Å². The average molecular weight is 219 g/mol. The van der Waals surface area contributed by atoms with Crippen molar-refractivity contribution >= 4 is 5.97 Å². The van der Waals surface area contributed by atoms with Crippen molar-refractivity contribution in [3.05, 3.63) is 35.9 Å². The van der Waals surface area contributed by atoms with Crippen molar-refractivity contribution < 1.29 is 9.90 Å². The third kappa shape index (κ3) is 2.25. The van der Waals surface area contributed by atoms with E-state index in [2.05, 4.69) is 4.90 Å². The first-order chi connectivity index (χ1) is 7.68. The molecule has 3 heteroatoms. The van der Waals surface area contributed by atoms with Gasteiger partial charge in [-0.15, -0.1) is 0 Å². The minimum Gasteiger partial charge on any atom is -0.481 e. The van der Waals surface area contributed by atoms with Gasteiger partial charge in [0.05, 0.1) is 5.92 Å². The van der Waals surface area contributed by atoms with Gasteiger partial charge in [0.1, 0.15) is 0 Å². The van der Waals surface area contributed by atoms with E-state index in [1.807, 2.05) is 37.4 Å². The molecular formula is C13H17NO2. The molecule has 0 radical (unpaired) electrons. The standard InChI is InChI=1S/C13H17NO2/c1-14-8-7-11(13(15)16)12(9-14)10-5-3-2-4-6-10/h2-6,11-12H,7-9H2,1H3,(H,15,16)/t11-,12-/m1/s1. The van der Waals surface area contributed by atoms with Crippen LogP contribution in [0.3, 0.4) is 0 Å². The van der Waals surface area contributed by atoms with Crippen LogP contribution < -0.4 is 0 Å². The third-order valence-corrected chi connectivity index (χ3v) is 3.36. The van der Waals surface area contributed by atoms with Gasteiger partial charge in [-0.05, 0) is 25.6 Å². The maximum absolute atomic E-state index is 11.2. The largest absolute Gasteiger partial charge is 0.481 e. The van der Waals surface area contributed by atoms with Gasteiger partial charge in [0.15, 0.2) is 0 Å². The van der Waals surface area contributed by atoms with Crippen LogP contribution in [0.5, 0.6) is 0 Å². The molecule has 1 saturated heterocycles. The van der Waals surface area contributed by atoms with Crippen molar-refractivity contribution in [1.82, 2.24) is 4.90 Å². The van der Waals surface area contributed by atoms with Crippen molar-refractivity contribution in [2.75, 3.05) is 20.1 Å². The molecule has 1 aliphatic heterocycles. The minimum absolute atomic E-state index is 0.123. The smallest absolute Gasteiger partial charge is 0.307 e. The lowest BCUT2D eigenvalue weighted by atomic mass is 9.81. The van der Waals surface area contributed by atoms with Crippen LogP contribution in [0.1, 0.15) is 17.9 Å². The van der Waals surface area contributed by atoms with Crippen LogP contribution in [0.25, 0.3) is 0 Å². The molecule has 0 spiro atoms. The van der Waals surface area contributed by atoms with E-state index in [9.17, 15) is 9.90 Å². The molecule has 1 aromatic rings. The molecule has 0 unspecified atom stereocenters. The predicted molar refractivity (Wildman–Crippen MR) is 62.4 cm³/mol. The quantitative estimate of drug-likeness (QED) is 0.824. The number of hydrogen-bond donors (Lipinski definition) is 1. The molecule has 2 rings (SSSR count). The Morgan fingerprint density at radius 1 is 1.38 bits per heavy atom. The lowest BCUT2D eigenvalue weighted by molar-refractivity contribution is -0.144. The summed E-state index contributed by atoms with van der Waals surface area (Å²) in [6, 6.07) is 9.97. The predicted octanol–water partition coefficient (Wildman–Crippen LogP) is 1.81. The first kappa shape index (κ1) is 11.1. The summed E-state index contributed by atoms with van der Waals surface area (Å²) >= 11 is 0. The Kier molecular flexibility index (Phi) is 3.25. The number of aliphatic carboxylic acids is 1. The van der Waals surface area contributed by atoms with Crippen LogP contribution in [-0.4, -0.2) is 36.1 Å². The highest BCUT2D eigenvalue weighted by atomic mass is 16.4. The van der Waals surface area contributed by atoms with Gasteiger partial charge in [0.2, 0.25) is 0 Å². The van der Waals surface area contributed by atoms with Crippen molar-refractivity contribution in [1.29, 1.82) is 0 Å². The van der Waals surface area contributed by atoms with E-state index in [0.717, 1.165) is 25.1 Å². The number of rotatable bonds is 2. The molecule has 2 atom stereocenters. The van der Waals surface area contributed by atoms with Gasteiger partial charge < -0.3 is 10.0 Å². The van der Waals surface area contributed by atoms with Gasteiger partial charge in [-0.3, -0.25) is 4.79 Å². The zero-order valence-corrected chi connectivity index (χ0v) is 9.47. The number of carbonyl (C=O) groups is 1. The average Bonchev–Trinajstić information content (AvgIpc) is 2.29. The minimum atomic E-state index is -0.665. The van der Waals surface area contributed by atoms with E-state index < -0.39 is 5.97 Å². The van der Waals surface area contributed by atoms with Crippen molar-refractivity contribution in [3.63, 3.8) is 0 Å². The molecule has 0 bridgehead atoms. The SMILES string of the molecule is CN1CC[C@@H](C(=O)O)[C@@H](c2ccccc2)C1. The summed E-state index contributed by atoms with van der Waals surface area (Å²) in [5, 5.41) is 9.24. The summed E-state index contributed by atoms with van der Waals surface area (Å²) in [5.41, 5.74) is 1.14. The van der Waals surface area contributed by atoms with Crippen molar-refractivity contribution in [2.45, 2.75) is 12.3 Å². The summed E-state index contributed by atoms with van der Waals surface area (Å²) in [4.78, 5) is 13.4. The lowest BCUT2D eigenvalue weighted by Crippen LogP contribution is -2.39. The van der Waals surface area contributed by atoms with Gasteiger partial charge in [-0.1, -0.05) is 30.3 Å². The Hall–Kier alpha value is -1.35. The van der Waals surface area contributed by atoms with Crippen LogP contribution in [0.2, 0.25) is 0 Å². The monoisotopic (exact) mass is 219 g/mol. The molecule has 0 aliphatic carbocycles. The summed E-state index contributed by atoms with van der Waals surface area (Å²) in [6.07, 6.45) is 0.741. The molecule has 0 aromatic heterocycles. The number of piperidine rings is 1. The lowest BCUT2D eigenvalue weighted by Gasteiger charge is -2.34. The zero-order valence-electron chi connectivity index (χ0n) is 9.47. The normalized spacial score (nSPS) is 26.6. The summed E-state index contributed by atoms with van der Waals surface area (Å²) in [6.45, 7) is 1.71. The second-order valence-electron chi connectivity index (χ2n) is 4.51. The third-order valence-electron chi connectivity index (χ3n) is 3.36. The molecule has 0 amide bonds. The molecule has 86 valence electrons. The van der Waals surface area contributed by atoms with E-state index in [1.54, 1.807) is 0 Å². The molecular weight excluding hydrogens is 202 g/mol. The maximum atomic E-state index is 11.2. The Morgan fingerprint density at radius 2 is 2.06 bits per heavy atom. The molecule has 3 nitrogen and oxygen atoms in total. The Balaban J connectivity index is 2.24. The molecule has 0 saturated carbocycles. The summed E-state index contributed by atoms with van der Waals surface area (Å²) in [5.74, 6) is -0.780. The molecule has 1 heterocycles. The first-order valence-electron chi connectivity index (χ1n) is 5.65. The van der Waals surface area contributed by atoms with Gasteiger partial charge in [0, 0.05) is 12.5 Å². The molecule has 16 heavy (non-hydrogen) atoms. The van der Waals surface area contributed by atoms with Crippen molar-refractivity contribution in [3.8, 4) is 0 Å². The molecule has 1 aromatic carbocycles. The number of likely N-dealkylation sites (N-methyl/N-ethyl adjacent to an activating group) is 1. The van der Waals surface area contributed by atoms with Gasteiger partial charge in [-0.2, -0.15) is 0 Å². The fourth-order valence-electron chi connectivity index (χ4n) is 2.45. The van der Waals surface area contributed by atoms with Crippen LogP contribution in [-0.2, 0) is 4.79 Å². The Labute approximate surface area is 95.7 Å². The molecule has 1 fully saturated rings. The number of hydrogen-bond acceptors (Lipinski definition) is 2. The fourth-order valence-corrected chi connectivity index (χ4v) is 2.45. The van der Waals surface area contributed by atoms with Crippen LogP contribution >= 0.6 is 0 Å². The number of carboxylic acid groups (broad SMARTS) is 1. The highest BCUT2D eigenvalue weighted by Gasteiger charge is 2.33. The van der Waals surface area contributed by atoms with E-state index in [1.165, 1.54) is 0 Å². The van der Waals surface area contributed by atoms with Gasteiger partial charge in [-0.25, -0.2) is 0 Å². The van der Waals surface area contributed by atoms with E-state index >= 15 is 0 Å². The highest BCUT2D eigenvalue weighted by Crippen LogP contribution is 2.31. The fraction of sp³-hybridized carbons (Fsp3) is 0.462. The number of nitrogens with zero attached hydrogens (tertiary/aromatic N) is 1. The van der Waals surface area contributed by atoms with E-state index in [-0.39, 0.29) is 11.8 Å². The van der Waals surface area contributed by atoms with Crippen LogP contribution in [0, 0.1) is 5.92 Å². The second kappa shape index (κ2) is 4.66. The molecule has 1 N–H and O–H groups in total. The molecule has 1 aliphatic rings. The van der Waals surface area contributed by atoms with Crippen LogP contribution in [0.15, 0.2) is 30.3 Å². The number of carboxylic acids is 1. The Bertz CT molecular complexity index is 363. The van der Waals surface area contributed by atoms with Crippen LogP contribution in [0.4, 0.5) is 0 Å². The topological polar surface area (TPSA) is 40.5 Å². The Morgan fingerprint density at radius 3 is 2.69 bits per heavy atom. The summed E-state index contributed by atoms with van der Waals surface area (Å²) in [7, 11) is 2.05. The first-order valence-corrected chi connectivity index (χ1v) is 5.65. The highest BCUT2D eigenvalue weighted by molar-refractivity contribution is 5.71. The maximum Gasteiger partial charge on any atom is 0.307 e. The second-order valence-corrected chi connectivity index (χ2v) is 4.51. The zero-order chi connectivity index (χ0) is 11.5. The summed E-state index contributed by atoms with van der Waals surface area (Å²) < 4.78 is 0. The van der Waals surface area contributed by atoms with Crippen molar-refractivity contribution in [2.24, 2.45) is 5.92 Å². The van der Waals surface area contributed by atoms with E-state index in [0.29, 0.717) is 0 Å². The van der Waals surface area contributed by atoms with E-state index in [4.69, 9.17) is 0 Å². The number of likely N-dealkylation sites (tertiary alicyclic amines) is 1. The number of benzene rings is 1.